The Labute approximate surface area is 161 Å². The maximum atomic E-state index is 12.7. The van der Waals surface area contributed by atoms with Crippen molar-refractivity contribution in [3.8, 4) is 0 Å². The van der Waals surface area contributed by atoms with Crippen molar-refractivity contribution >= 4 is 5.91 Å². The Bertz CT molecular complexity index is 875. The summed E-state index contributed by atoms with van der Waals surface area (Å²) in [6.07, 6.45) is -0.208. The lowest BCUT2D eigenvalue weighted by Gasteiger charge is -2.20. The second-order valence-electron chi connectivity index (χ2n) is 6.65. The van der Waals surface area contributed by atoms with E-state index in [0.29, 0.717) is 18.7 Å². The van der Waals surface area contributed by atoms with Gasteiger partial charge < -0.3 is 10.1 Å². The average molecular weight is 359 g/mol. The van der Waals surface area contributed by atoms with E-state index in [9.17, 15) is 4.79 Å². The van der Waals surface area contributed by atoms with E-state index in [2.05, 4.69) is 5.32 Å². The highest BCUT2D eigenvalue weighted by Crippen LogP contribution is 2.19. The van der Waals surface area contributed by atoms with Crippen molar-refractivity contribution in [2.24, 2.45) is 0 Å². The summed E-state index contributed by atoms with van der Waals surface area (Å²) in [7, 11) is 0. The number of aryl methyl sites for hydroxylation is 1. The monoisotopic (exact) mass is 359 g/mol. The van der Waals surface area contributed by atoms with E-state index in [-0.39, 0.29) is 12.0 Å². The molecule has 1 amide bonds. The van der Waals surface area contributed by atoms with Crippen LogP contribution in [0.25, 0.3) is 0 Å². The molecule has 0 spiro atoms. The molecule has 0 saturated carbocycles. The van der Waals surface area contributed by atoms with Crippen LogP contribution in [0.15, 0.2) is 78.9 Å². The van der Waals surface area contributed by atoms with Gasteiger partial charge in [0.05, 0.1) is 6.61 Å². The first-order valence-corrected chi connectivity index (χ1v) is 9.20. The Hall–Kier alpha value is -2.91. The fourth-order valence-corrected chi connectivity index (χ4v) is 2.99. The lowest BCUT2D eigenvalue weighted by molar-refractivity contribution is 0.0386. The molecule has 138 valence electrons. The summed E-state index contributed by atoms with van der Waals surface area (Å²) < 4.78 is 6.14. The molecular weight excluding hydrogens is 334 g/mol. The van der Waals surface area contributed by atoms with Crippen LogP contribution in [0.2, 0.25) is 0 Å². The molecule has 0 radical (unpaired) electrons. The van der Waals surface area contributed by atoms with Crippen molar-refractivity contribution in [2.75, 3.05) is 6.54 Å². The van der Waals surface area contributed by atoms with Crippen molar-refractivity contribution in [3.63, 3.8) is 0 Å². The molecule has 3 aromatic carbocycles. The topological polar surface area (TPSA) is 38.3 Å². The molecule has 3 rings (SSSR count). The molecule has 27 heavy (non-hydrogen) atoms. The van der Waals surface area contributed by atoms with Crippen LogP contribution in [0.3, 0.4) is 0 Å². The van der Waals surface area contributed by atoms with E-state index < -0.39 is 0 Å². The second-order valence-corrected chi connectivity index (χ2v) is 6.65. The number of hydrogen-bond acceptors (Lipinski definition) is 2. The number of hydrogen-bond donors (Lipinski definition) is 1. The van der Waals surface area contributed by atoms with E-state index in [1.807, 2.05) is 92.7 Å². The van der Waals surface area contributed by atoms with Crippen LogP contribution in [0.5, 0.6) is 0 Å². The first-order chi connectivity index (χ1) is 13.1. The molecule has 1 N–H and O–H groups in total. The zero-order chi connectivity index (χ0) is 19.1. The maximum Gasteiger partial charge on any atom is 0.251 e. The predicted molar refractivity (Wildman–Crippen MR) is 109 cm³/mol. The van der Waals surface area contributed by atoms with Crippen LogP contribution in [-0.2, 0) is 11.3 Å². The number of rotatable bonds is 7. The third-order valence-electron chi connectivity index (χ3n) is 4.76. The highest BCUT2D eigenvalue weighted by Gasteiger charge is 2.16. The average Bonchev–Trinajstić information content (AvgIpc) is 2.71. The summed E-state index contributed by atoms with van der Waals surface area (Å²) in [6.45, 7) is 4.91. The second kappa shape index (κ2) is 9.15. The zero-order valence-corrected chi connectivity index (χ0v) is 15.8. The van der Waals surface area contributed by atoms with Crippen molar-refractivity contribution in [1.29, 1.82) is 0 Å². The molecule has 0 aliphatic rings. The molecule has 3 heteroatoms. The van der Waals surface area contributed by atoms with Gasteiger partial charge >= 0.3 is 0 Å². The Morgan fingerprint density at radius 2 is 1.56 bits per heavy atom. The summed E-state index contributed by atoms with van der Waals surface area (Å²) in [6, 6.07) is 25.9. The minimum atomic E-state index is -0.208. The minimum absolute atomic E-state index is 0.0690. The molecule has 0 fully saturated rings. The lowest BCUT2D eigenvalue weighted by Crippen LogP contribution is -2.30. The smallest absolute Gasteiger partial charge is 0.251 e. The van der Waals surface area contributed by atoms with Gasteiger partial charge in [0.15, 0.2) is 0 Å². The normalized spacial score (nSPS) is 11.8. The van der Waals surface area contributed by atoms with E-state index in [1.54, 1.807) is 0 Å². The lowest BCUT2D eigenvalue weighted by atomic mass is 10.0. The standard InChI is InChI=1S/C24H25NO2/c1-18-10-9-15-22(19(18)2)24(26)25-16-23(21-13-7-4-8-14-21)27-17-20-11-5-3-6-12-20/h3-15,23H,16-17H2,1-2H3,(H,25,26). The van der Waals surface area contributed by atoms with E-state index in [1.165, 1.54) is 0 Å². The van der Waals surface area contributed by atoms with Gasteiger partial charge in [0.1, 0.15) is 6.10 Å². The summed E-state index contributed by atoms with van der Waals surface area (Å²) in [5.74, 6) is -0.0690. The number of amides is 1. The minimum Gasteiger partial charge on any atom is -0.367 e. The zero-order valence-electron chi connectivity index (χ0n) is 15.8. The number of carbonyl (C=O) groups is 1. The molecule has 0 saturated heterocycles. The summed E-state index contributed by atoms with van der Waals surface area (Å²) in [5.41, 5.74) is 5.00. The third kappa shape index (κ3) is 5.05. The maximum absolute atomic E-state index is 12.7. The van der Waals surface area contributed by atoms with Crippen LogP contribution >= 0.6 is 0 Å². The Balaban J connectivity index is 1.69. The van der Waals surface area contributed by atoms with Crippen molar-refractivity contribution < 1.29 is 9.53 Å². The molecule has 0 aliphatic heterocycles. The highest BCUT2D eigenvalue weighted by molar-refractivity contribution is 5.95. The fourth-order valence-electron chi connectivity index (χ4n) is 2.99. The Morgan fingerprint density at radius 1 is 0.889 bits per heavy atom. The Morgan fingerprint density at radius 3 is 2.26 bits per heavy atom. The van der Waals surface area contributed by atoms with Crippen molar-refractivity contribution in [3.05, 3.63) is 107 Å². The van der Waals surface area contributed by atoms with Gasteiger partial charge in [-0.25, -0.2) is 0 Å². The van der Waals surface area contributed by atoms with E-state index in [0.717, 1.165) is 22.3 Å². The largest absolute Gasteiger partial charge is 0.367 e. The molecule has 1 atom stereocenters. The highest BCUT2D eigenvalue weighted by atomic mass is 16.5. The summed E-state index contributed by atoms with van der Waals surface area (Å²) in [4.78, 5) is 12.7. The SMILES string of the molecule is Cc1cccc(C(=O)NCC(OCc2ccccc2)c2ccccc2)c1C. The van der Waals surface area contributed by atoms with Crippen LogP contribution in [0.4, 0.5) is 0 Å². The number of carbonyl (C=O) groups excluding carboxylic acids is 1. The van der Waals surface area contributed by atoms with Crippen LogP contribution in [0.1, 0.15) is 38.7 Å². The molecule has 3 aromatic rings. The van der Waals surface area contributed by atoms with Crippen molar-refractivity contribution in [2.45, 2.75) is 26.6 Å². The number of ether oxygens (including phenoxy) is 1. The van der Waals surface area contributed by atoms with Gasteiger partial charge in [0.25, 0.3) is 5.91 Å². The number of nitrogens with one attached hydrogen (secondary N) is 1. The quantitative estimate of drug-likeness (QED) is 0.645. The molecule has 0 bridgehead atoms. The van der Waals surface area contributed by atoms with Gasteiger partial charge in [0, 0.05) is 12.1 Å². The molecule has 0 aliphatic carbocycles. The van der Waals surface area contributed by atoms with Gasteiger partial charge in [-0.05, 0) is 42.2 Å². The molecule has 1 unspecified atom stereocenters. The summed E-state index contributed by atoms with van der Waals surface area (Å²) >= 11 is 0. The van der Waals surface area contributed by atoms with E-state index in [4.69, 9.17) is 4.74 Å². The molecular formula is C24H25NO2. The van der Waals surface area contributed by atoms with Gasteiger partial charge in [-0.15, -0.1) is 0 Å². The first-order valence-electron chi connectivity index (χ1n) is 9.20. The van der Waals surface area contributed by atoms with Gasteiger partial charge in [-0.1, -0.05) is 72.8 Å². The molecule has 3 nitrogen and oxygen atoms in total. The van der Waals surface area contributed by atoms with E-state index >= 15 is 0 Å². The molecule has 0 heterocycles. The predicted octanol–water partition coefficient (Wildman–Crippen LogP) is 4.99. The third-order valence-corrected chi connectivity index (χ3v) is 4.76. The van der Waals surface area contributed by atoms with Crippen molar-refractivity contribution in [1.82, 2.24) is 5.32 Å². The van der Waals surface area contributed by atoms with Crippen LogP contribution < -0.4 is 5.32 Å². The Kier molecular flexibility index (Phi) is 6.39. The van der Waals surface area contributed by atoms with Crippen LogP contribution in [-0.4, -0.2) is 12.5 Å². The van der Waals surface area contributed by atoms with Gasteiger partial charge in [0.2, 0.25) is 0 Å². The molecule has 0 aromatic heterocycles. The number of benzene rings is 3. The fraction of sp³-hybridized carbons (Fsp3) is 0.208. The van der Waals surface area contributed by atoms with Gasteiger partial charge in [-0.3, -0.25) is 4.79 Å². The van der Waals surface area contributed by atoms with Gasteiger partial charge in [-0.2, -0.15) is 0 Å². The summed E-state index contributed by atoms with van der Waals surface area (Å²) in [5, 5.41) is 3.04. The van der Waals surface area contributed by atoms with Crippen LogP contribution in [0, 0.1) is 13.8 Å². The first kappa shape index (κ1) is 18.9.